The molecule has 2 aromatic carbocycles. The summed E-state index contributed by atoms with van der Waals surface area (Å²) >= 11 is 1.41. The van der Waals surface area contributed by atoms with Crippen LogP contribution in [-0.4, -0.2) is 48.8 Å². The second-order valence-corrected chi connectivity index (χ2v) is 12.6. The van der Waals surface area contributed by atoms with Crippen LogP contribution < -0.4 is 10.0 Å². The second kappa shape index (κ2) is 12.2. The zero-order chi connectivity index (χ0) is 30.0. The fraction of sp³-hybridized carbons (Fsp3) is 0.276. The number of likely N-dealkylation sites (tertiary alicyclic amines) is 1. The van der Waals surface area contributed by atoms with Gasteiger partial charge in [0.05, 0.1) is 21.3 Å². The molecule has 13 heteroatoms. The lowest BCUT2D eigenvalue weighted by Gasteiger charge is -2.29. The number of nitrogens with zero attached hydrogens (tertiary/aromatic N) is 3. The van der Waals surface area contributed by atoms with E-state index in [0.717, 1.165) is 43.5 Å². The molecule has 0 atom stereocenters. The van der Waals surface area contributed by atoms with E-state index in [1.165, 1.54) is 42.7 Å². The minimum absolute atomic E-state index is 0.0243. The van der Waals surface area contributed by atoms with E-state index in [-0.39, 0.29) is 17.4 Å². The number of carbonyl (C=O) groups excluding carboxylic acids is 1. The molecule has 8 nitrogen and oxygen atoms in total. The van der Waals surface area contributed by atoms with Crippen LogP contribution in [0.1, 0.15) is 37.6 Å². The Morgan fingerprint density at radius 3 is 2.57 bits per heavy atom. The number of hydrogen-bond acceptors (Lipinski definition) is 7. The summed E-state index contributed by atoms with van der Waals surface area (Å²) in [7, 11) is -4.66. The van der Waals surface area contributed by atoms with Crippen LogP contribution >= 0.6 is 11.3 Å². The molecule has 5 rings (SSSR count). The van der Waals surface area contributed by atoms with Crippen molar-refractivity contribution in [2.45, 2.75) is 37.5 Å². The molecule has 1 amide bonds. The highest BCUT2D eigenvalue weighted by Crippen LogP contribution is 2.43. The van der Waals surface area contributed by atoms with Gasteiger partial charge in [-0.15, -0.1) is 11.3 Å². The number of thiazole rings is 1. The number of carbonyl (C=O) groups is 1. The van der Waals surface area contributed by atoms with Crippen LogP contribution in [0.4, 0.5) is 24.7 Å². The Labute approximate surface area is 245 Å². The molecular formula is C29H28F3N5O3S2. The molecule has 0 spiro atoms. The van der Waals surface area contributed by atoms with Crippen molar-refractivity contribution < 1.29 is 26.4 Å². The molecule has 2 aromatic heterocycles. The minimum atomic E-state index is -4.66. The number of pyridine rings is 1. The zero-order valence-corrected chi connectivity index (χ0v) is 24.5. The highest BCUT2D eigenvalue weighted by atomic mass is 32.2. The normalized spacial score (nSPS) is 14.6. The van der Waals surface area contributed by atoms with Gasteiger partial charge in [-0.25, -0.2) is 31.6 Å². The first-order valence-electron chi connectivity index (χ1n) is 13.3. The van der Waals surface area contributed by atoms with E-state index in [9.17, 15) is 22.0 Å². The molecule has 220 valence electrons. The summed E-state index contributed by atoms with van der Waals surface area (Å²) in [5.41, 5.74) is 0.520. The topological polar surface area (TPSA) is 104 Å². The van der Waals surface area contributed by atoms with Crippen LogP contribution in [0.15, 0.2) is 59.6 Å². The van der Waals surface area contributed by atoms with Crippen molar-refractivity contribution in [2.24, 2.45) is 0 Å². The summed E-state index contributed by atoms with van der Waals surface area (Å²) in [4.78, 5) is 22.7. The number of nitrogens with one attached hydrogen (secondary N) is 2. The summed E-state index contributed by atoms with van der Waals surface area (Å²) < 4.78 is 71.9. The highest BCUT2D eigenvalue weighted by Gasteiger charge is 2.28. The van der Waals surface area contributed by atoms with E-state index in [1.807, 2.05) is 0 Å². The third kappa shape index (κ3) is 6.32. The minimum Gasteiger partial charge on any atom is -0.311 e. The summed E-state index contributed by atoms with van der Waals surface area (Å²) in [6, 6.07) is 9.53. The molecule has 1 saturated heterocycles. The van der Waals surface area contributed by atoms with Gasteiger partial charge in [-0.2, -0.15) is 0 Å². The van der Waals surface area contributed by atoms with Crippen molar-refractivity contribution in [1.29, 1.82) is 0 Å². The van der Waals surface area contributed by atoms with E-state index in [1.54, 1.807) is 12.1 Å². The number of rotatable bonds is 8. The first kappa shape index (κ1) is 29.7. The van der Waals surface area contributed by atoms with Crippen molar-refractivity contribution in [1.82, 2.24) is 14.9 Å². The Morgan fingerprint density at radius 1 is 1.10 bits per heavy atom. The monoisotopic (exact) mass is 615 g/mol. The Balaban J connectivity index is 1.58. The molecule has 0 bridgehead atoms. The molecule has 1 aliphatic rings. The van der Waals surface area contributed by atoms with Crippen LogP contribution in [0.5, 0.6) is 0 Å². The SMILES string of the molecule is CCN1CCC(c2nc(-c3cccc(NS(=O)(=O)c4cc(F)ccc4F)c3F)c(-c3ccnc(NC(C)=O)c3)s2)CC1. The highest BCUT2D eigenvalue weighted by molar-refractivity contribution is 7.92. The predicted molar refractivity (Wildman–Crippen MR) is 156 cm³/mol. The Hall–Kier alpha value is -3.81. The average molecular weight is 616 g/mol. The molecule has 42 heavy (non-hydrogen) atoms. The smallest absolute Gasteiger partial charge is 0.265 e. The van der Waals surface area contributed by atoms with Crippen LogP contribution in [-0.2, 0) is 14.8 Å². The van der Waals surface area contributed by atoms with Crippen molar-refractivity contribution in [3.63, 3.8) is 0 Å². The fourth-order valence-corrected chi connectivity index (χ4v) is 7.28. The molecule has 0 aliphatic carbocycles. The van der Waals surface area contributed by atoms with E-state index >= 15 is 4.39 Å². The van der Waals surface area contributed by atoms with Gasteiger partial charge in [-0.05, 0) is 80.5 Å². The van der Waals surface area contributed by atoms with Gasteiger partial charge in [0.1, 0.15) is 22.3 Å². The van der Waals surface area contributed by atoms with E-state index in [0.29, 0.717) is 34.1 Å². The van der Waals surface area contributed by atoms with Crippen LogP contribution in [0.2, 0.25) is 0 Å². The summed E-state index contributed by atoms with van der Waals surface area (Å²) in [5, 5.41) is 3.47. The number of halogens is 3. The van der Waals surface area contributed by atoms with Gasteiger partial charge in [0.15, 0.2) is 5.82 Å². The van der Waals surface area contributed by atoms with Gasteiger partial charge in [0.2, 0.25) is 5.91 Å². The van der Waals surface area contributed by atoms with Gasteiger partial charge in [-0.1, -0.05) is 13.0 Å². The summed E-state index contributed by atoms with van der Waals surface area (Å²) in [5.74, 6) is -2.87. The molecule has 2 N–H and O–H groups in total. The zero-order valence-electron chi connectivity index (χ0n) is 22.8. The van der Waals surface area contributed by atoms with Crippen molar-refractivity contribution in [3.05, 3.63) is 77.2 Å². The van der Waals surface area contributed by atoms with Crippen LogP contribution in [0.3, 0.4) is 0 Å². The summed E-state index contributed by atoms with van der Waals surface area (Å²) in [6.07, 6.45) is 3.29. The quantitative estimate of drug-likeness (QED) is 0.243. The van der Waals surface area contributed by atoms with Gasteiger partial charge in [-0.3, -0.25) is 9.52 Å². The van der Waals surface area contributed by atoms with Crippen LogP contribution in [0, 0.1) is 17.5 Å². The number of hydrogen-bond donors (Lipinski definition) is 2. The molecule has 0 unspecified atom stereocenters. The first-order chi connectivity index (χ1) is 20.1. The Morgan fingerprint density at radius 2 is 1.86 bits per heavy atom. The molecule has 1 fully saturated rings. The molecule has 0 radical (unpaired) electrons. The van der Waals surface area contributed by atoms with E-state index in [4.69, 9.17) is 4.98 Å². The number of aromatic nitrogens is 2. The van der Waals surface area contributed by atoms with Crippen molar-refractivity contribution >= 4 is 38.8 Å². The van der Waals surface area contributed by atoms with Crippen molar-refractivity contribution in [3.8, 4) is 21.7 Å². The Bertz CT molecular complexity index is 1740. The number of piperidine rings is 1. The first-order valence-corrected chi connectivity index (χ1v) is 15.6. The van der Waals surface area contributed by atoms with Crippen molar-refractivity contribution in [2.75, 3.05) is 29.7 Å². The number of anilines is 2. The van der Waals surface area contributed by atoms with Gasteiger partial charge >= 0.3 is 0 Å². The van der Waals surface area contributed by atoms with Gasteiger partial charge in [0.25, 0.3) is 10.0 Å². The average Bonchev–Trinajstić information content (AvgIpc) is 3.40. The lowest BCUT2D eigenvalue weighted by Crippen LogP contribution is -2.32. The number of benzene rings is 2. The lowest BCUT2D eigenvalue weighted by atomic mass is 9.97. The summed E-state index contributed by atoms with van der Waals surface area (Å²) in [6.45, 7) is 6.26. The van der Waals surface area contributed by atoms with E-state index < -0.39 is 38.1 Å². The lowest BCUT2D eigenvalue weighted by molar-refractivity contribution is -0.114. The predicted octanol–water partition coefficient (Wildman–Crippen LogP) is 6.25. The molecule has 1 aliphatic heterocycles. The maximum Gasteiger partial charge on any atom is 0.265 e. The standard InChI is InChI=1S/C29H28F3N5O3S2/c1-3-37-13-10-18(11-14-37)29-35-27(28(41-29)19-9-12-33-25(15-19)34-17(2)38)21-5-4-6-23(26(21)32)36-42(39,40)24-16-20(30)7-8-22(24)31/h4-9,12,15-16,18,36H,3,10-11,13-14H2,1-2H3,(H,33,34,38). The molecular weight excluding hydrogens is 587 g/mol. The van der Waals surface area contributed by atoms with Crippen LogP contribution in [0.25, 0.3) is 21.7 Å². The maximum atomic E-state index is 16.1. The van der Waals surface area contributed by atoms with Gasteiger partial charge < -0.3 is 10.2 Å². The fourth-order valence-electron chi connectivity index (χ4n) is 4.88. The molecule has 3 heterocycles. The van der Waals surface area contributed by atoms with E-state index in [2.05, 4.69) is 26.8 Å². The number of sulfonamides is 1. The maximum absolute atomic E-state index is 16.1. The Kier molecular flexibility index (Phi) is 8.62. The largest absolute Gasteiger partial charge is 0.311 e. The second-order valence-electron chi connectivity index (χ2n) is 9.90. The molecule has 4 aromatic rings. The third-order valence-electron chi connectivity index (χ3n) is 7.03. The van der Waals surface area contributed by atoms with Gasteiger partial charge in [0, 0.05) is 24.6 Å². The number of amides is 1. The third-order valence-corrected chi connectivity index (χ3v) is 9.68. The molecule has 0 saturated carbocycles.